The highest BCUT2D eigenvalue weighted by Gasteiger charge is 2.37. The summed E-state index contributed by atoms with van der Waals surface area (Å²) in [6.07, 6.45) is 0.0308. The molecule has 1 unspecified atom stereocenters. The third-order valence-corrected chi connectivity index (χ3v) is 6.09. The minimum Gasteiger partial charge on any atom is -0.479 e. The van der Waals surface area contributed by atoms with Crippen LogP contribution in [0.3, 0.4) is 0 Å². The summed E-state index contributed by atoms with van der Waals surface area (Å²) in [6.45, 7) is 0.502. The molecule has 0 bridgehead atoms. The molecule has 3 aromatic carbocycles. The van der Waals surface area contributed by atoms with E-state index in [1.165, 1.54) is 4.90 Å². The molecule has 3 aromatic rings. The van der Waals surface area contributed by atoms with Crippen LogP contribution in [0.5, 0.6) is 0 Å². The number of carboxylic acid groups (broad SMARTS) is 1. The Morgan fingerprint density at radius 2 is 1.43 bits per heavy atom. The molecular weight excluding hydrogens is 378 g/mol. The molecule has 0 saturated carbocycles. The van der Waals surface area contributed by atoms with Gasteiger partial charge >= 0.3 is 12.1 Å². The van der Waals surface area contributed by atoms with E-state index in [0.717, 1.165) is 27.8 Å². The van der Waals surface area contributed by atoms with Crippen molar-refractivity contribution in [2.24, 2.45) is 0 Å². The summed E-state index contributed by atoms with van der Waals surface area (Å²) in [6, 6.07) is 22.6. The van der Waals surface area contributed by atoms with E-state index in [4.69, 9.17) is 4.74 Å². The fourth-order valence-corrected chi connectivity index (χ4v) is 4.71. The van der Waals surface area contributed by atoms with E-state index < -0.39 is 18.1 Å². The lowest BCUT2D eigenvalue weighted by atomic mass is 9.93. The van der Waals surface area contributed by atoms with Crippen molar-refractivity contribution in [3.05, 3.63) is 95.1 Å². The zero-order chi connectivity index (χ0) is 20.7. The molecule has 1 heterocycles. The third kappa shape index (κ3) is 2.94. The molecule has 5 nitrogen and oxygen atoms in total. The highest BCUT2D eigenvalue weighted by atomic mass is 16.6. The summed E-state index contributed by atoms with van der Waals surface area (Å²) < 4.78 is 5.70. The average Bonchev–Trinajstić information content (AvgIpc) is 3.10. The van der Waals surface area contributed by atoms with Crippen LogP contribution in [0, 0.1) is 0 Å². The number of nitrogens with zero attached hydrogens (tertiary/aromatic N) is 1. The number of aliphatic carboxylic acids is 1. The van der Waals surface area contributed by atoms with E-state index in [9.17, 15) is 14.7 Å². The molecule has 1 amide bonds. The molecular formula is C25H21NO4. The van der Waals surface area contributed by atoms with E-state index >= 15 is 0 Å². The van der Waals surface area contributed by atoms with Gasteiger partial charge in [0.05, 0.1) is 0 Å². The molecule has 2 aliphatic rings. The monoisotopic (exact) mass is 399 g/mol. The maximum absolute atomic E-state index is 12.9. The van der Waals surface area contributed by atoms with Crippen LogP contribution in [-0.4, -0.2) is 35.2 Å². The lowest BCUT2D eigenvalue weighted by Crippen LogP contribution is -2.44. The Morgan fingerprint density at radius 3 is 2.07 bits per heavy atom. The first-order valence-electron chi connectivity index (χ1n) is 10.1. The fourth-order valence-electron chi connectivity index (χ4n) is 4.71. The lowest BCUT2D eigenvalue weighted by Gasteiger charge is -2.34. The summed E-state index contributed by atoms with van der Waals surface area (Å²) in [5.41, 5.74) is 6.20. The van der Waals surface area contributed by atoms with E-state index in [1.807, 2.05) is 36.4 Å². The Hall–Kier alpha value is -3.60. The molecule has 1 aliphatic heterocycles. The molecule has 1 aliphatic carbocycles. The Kier molecular flexibility index (Phi) is 4.51. The van der Waals surface area contributed by atoms with Crippen molar-refractivity contribution in [3.63, 3.8) is 0 Å². The van der Waals surface area contributed by atoms with Gasteiger partial charge in [0.25, 0.3) is 0 Å². The van der Waals surface area contributed by atoms with Crippen LogP contribution in [0.4, 0.5) is 4.79 Å². The van der Waals surface area contributed by atoms with Crippen molar-refractivity contribution < 1.29 is 19.4 Å². The van der Waals surface area contributed by atoms with Crippen LogP contribution in [0.1, 0.15) is 34.2 Å². The molecule has 0 aromatic heterocycles. The number of rotatable bonds is 3. The van der Waals surface area contributed by atoms with Crippen molar-refractivity contribution in [2.75, 3.05) is 13.2 Å². The van der Waals surface area contributed by atoms with Crippen LogP contribution >= 0.6 is 0 Å². The van der Waals surface area contributed by atoms with E-state index in [0.29, 0.717) is 18.5 Å². The molecule has 30 heavy (non-hydrogen) atoms. The van der Waals surface area contributed by atoms with Crippen molar-refractivity contribution >= 4 is 12.1 Å². The second-order valence-electron chi connectivity index (χ2n) is 7.69. The molecule has 1 N–H and O–H groups in total. The van der Waals surface area contributed by atoms with Crippen molar-refractivity contribution in [1.29, 1.82) is 0 Å². The molecule has 0 saturated heterocycles. The summed E-state index contributed by atoms with van der Waals surface area (Å²) in [5, 5.41) is 9.79. The van der Waals surface area contributed by atoms with Gasteiger partial charge < -0.3 is 9.84 Å². The number of hydrogen-bond donors (Lipinski definition) is 1. The molecule has 5 rings (SSSR count). The maximum atomic E-state index is 12.9. The number of carbonyl (C=O) groups excluding carboxylic acids is 1. The number of ether oxygens (including phenoxy) is 1. The predicted octanol–water partition coefficient (Wildman–Crippen LogP) is 4.62. The van der Waals surface area contributed by atoms with Gasteiger partial charge in [0, 0.05) is 12.5 Å². The van der Waals surface area contributed by atoms with Crippen molar-refractivity contribution in [2.45, 2.75) is 18.4 Å². The normalized spacial score (nSPS) is 17.1. The van der Waals surface area contributed by atoms with E-state index in [1.54, 1.807) is 12.1 Å². The van der Waals surface area contributed by atoms with Crippen LogP contribution in [-0.2, 0) is 16.0 Å². The maximum Gasteiger partial charge on any atom is 0.410 e. The van der Waals surface area contributed by atoms with Gasteiger partial charge in [0.2, 0.25) is 0 Å². The van der Waals surface area contributed by atoms with Crippen molar-refractivity contribution in [3.8, 4) is 11.1 Å². The van der Waals surface area contributed by atoms with Gasteiger partial charge in [-0.2, -0.15) is 0 Å². The second kappa shape index (κ2) is 7.34. The van der Waals surface area contributed by atoms with Gasteiger partial charge in [-0.3, -0.25) is 4.90 Å². The molecule has 0 spiro atoms. The van der Waals surface area contributed by atoms with Gasteiger partial charge in [-0.1, -0.05) is 72.8 Å². The minimum atomic E-state index is -1.05. The number of carboxylic acids is 1. The Balaban J connectivity index is 1.39. The zero-order valence-electron chi connectivity index (χ0n) is 16.3. The highest BCUT2D eigenvalue weighted by molar-refractivity contribution is 5.83. The third-order valence-electron chi connectivity index (χ3n) is 6.09. The summed E-state index contributed by atoms with van der Waals surface area (Å²) in [4.78, 5) is 26.2. The van der Waals surface area contributed by atoms with Crippen LogP contribution in [0.25, 0.3) is 11.1 Å². The molecule has 1 atom stereocenters. The Bertz CT molecular complexity index is 1090. The molecule has 5 heteroatoms. The lowest BCUT2D eigenvalue weighted by molar-refractivity contribution is -0.143. The summed E-state index contributed by atoms with van der Waals surface area (Å²) in [7, 11) is 0. The molecule has 0 fully saturated rings. The Morgan fingerprint density at radius 1 is 0.867 bits per heavy atom. The number of benzene rings is 3. The summed E-state index contributed by atoms with van der Waals surface area (Å²) >= 11 is 0. The van der Waals surface area contributed by atoms with E-state index in [2.05, 4.69) is 24.3 Å². The van der Waals surface area contributed by atoms with Gasteiger partial charge in [0.1, 0.15) is 6.61 Å². The van der Waals surface area contributed by atoms with Gasteiger partial charge in [-0.25, -0.2) is 9.59 Å². The predicted molar refractivity (Wildman–Crippen MR) is 112 cm³/mol. The fraction of sp³-hybridized carbons (Fsp3) is 0.200. The standard InChI is InChI=1S/C25H21NO4/c27-24(28)23-17-8-2-1-7-16(17)13-14-26(23)25(29)30-15-22-20-11-5-3-9-18(20)19-10-4-6-12-21(19)22/h1-12,22-23H,13-15H2,(H,27,28). The highest BCUT2D eigenvalue weighted by Crippen LogP contribution is 2.44. The largest absolute Gasteiger partial charge is 0.479 e. The minimum absolute atomic E-state index is 0.0540. The quantitative estimate of drug-likeness (QED) is 0.698. The van der Waals surface area contributed by atoms with Gasteiger partial charge in [0.15, 0.2) is 6.04 Å². The van der Waals surface area contributed by atoms with Crippen LogP contribution in [0.2, 0.25) is 0 Å². The Labute approximate surface area is 174 Å². The smallest absolute Gasteiger partial charge is 0.410 e. The van der Waals surface area contributed by atoms with Crippen LogP contribution < -0.4 is 0 Å². The number of amides is 1. The molecule has 0 radical (unpaired) electrons. The first kappa shape index (κ1) is 18.4. The average molecular weight is 399 g/mol. The number of hydrogen-bond acceptors (Lipinski definition) is 3. The zero-order valence-corrected chi connectivity index (χ0v) is 16.3. The second-order valence-corrected chi connectivity index (χ2v) is 7.69. The number of fused-ring (bicyclic) bond motifs is 4. The first-order chi connectivity index (χ1) is 14.6. The van der Waals surface area contributed by atoms with Gasteiger partial charge in [-0.05, 0) is 39.8 Å². The molecule has 150 valence electrons. The van der Waals surface area contributed by atoms with Gasteiger partial charge in [-0.15, -0.1) is 0 Å². The first-order valence-corrected chi connectivity index (χ1v) is 10.1. The number of carbonyl (C=O) groups is 2. The van der Waals surface area contributed by atoms with Crippen LogP contribution in [0.15, 0.2) is 72.8 Å². The van der Waals surface area contributed by atoms with Crippen molar-refractivity contribution in [1.82, 2.24) is 4.90 Å². The summed E-state index contributed by atoms with van der Waals surface area (Å²) in [5.74, 6) is -1.10. The SMILES string of the molecule is O=C(O)C1c2ccccc2CCN1C(=O)OCC1c2ccccc2-c2ccccc21. The van der Waals surface area contributed by atoms with E-state index in [-0.39, 0.29) is 12.5 Å². The topological polar surface area (TPSA) is 66.8 Å².